The zero-order chi connectivity index (χ0) is 14.7. The van der Waals surface area contributed by atoms with Gasteiger partial charge >= 0.3 is 0 Å². The van der Waals surface area contributed by atoms with Gasteiger partial charge in [-0.1, -0.05) is 29.8 Å². The third-order valence-electron chi connectivity index (χ3n) is 3.79. The van der Waals surface area contributed by atoms with Crippen molar-refractivity contribution in [3.8, 4) is 0 Å². The number of aryl methyl sites for hydroxylation is 3. The van der Waals surface area contributed by atoms with E-state index in [1.54, 1.807) is 0 Å². The molecule has 1 N–H and O–H groups in total. The summed E-state index contributed by atoms with van der Waals surface area (Å²) in [5, 5.41) is 3.48. The molecule has 2 aromatic carbocycles. The van der Waals surface area contributed by atoms with E-state index < -0.39 is 0 Å². The molecule has 1 atom stereocenters. The van der Waals surface area contributed by atoms with Gasteiger partial charge in [-0.05, 0) is 91.2 Å². The van der Waals surface area contributed by atoms with Crippen molar-refractivity contribution in [3.63, 3.8) is 0 Å². The van der Waals surface area contributed by atoms with E-state index in [9.17, 15) is 0 Å². The molecular formula is C18H22IN. The second-order valence-electron chi connectivity index (χ2n) is 5.48. The van der Waals surface area contributed by atoms with Crippen LogP contribution in [-0.4, -0.2) is 7.05 Å². The molecule has 20 heavy (non-hydrogen) atoms. The fraction of sp³-hybridized carbons (Fsp3) is 0.333. The third kappa shape index (κ3) is 3.61. The predicted molar refractivity (Wildman–Crippen MR) is 95.3 cm³/mol. The average molecular weight is 379 g/mol. The fourth-order valence-corrected chi connectivity index (χ4v) is 3.31. The first-order chi connectivity index (χ1) is 9.51. The molecule has 2 heteroatoms. The Morgan fingerprint density at radius 3 is 2.05 bits per heavy atom. The third-order valence-corrected chi connectivity index (χ3v) is 4.51. The van der Waals surface area contributed by atoms with Gasteiger partial charge in [0.25, 0.3) is 0 Å². The maximum atomic E-state index is 3.48. The standard InChI is InChI=1S/C18H22IN/c1-12-9-13(2)18(14(3)10-12)17(20-4)11-15-5-7-16(19)8-6-15/h5-10,17,20H,11H2,1-4H3. The molecule has 2 rings (SSSR count). The Bertz CT molecular complexity index is 564. The maximum absolute atomic E-state index is 3.48. The first-order valence-corrected chi connectivity index (χ1v) is 8.08. The number of hydrogen-bond acceptors (Lipinski definition) is 1. The van der Waals surface area contributed by atoms with Crippen LogP contribution in [0.3, 0.4) is 0 Å². The highest BCUT2D eigenvalue weighted by molar-refractivity contribution is 14.1. The van der Waals surface area contributed by atoms with Crippen LogP contribution in [-0.2, 0) is 6.42 Å². The van der Waals surface area contributed by atoms with Crippen LogP contribution in [0.4, 0.5) is 0 Å². The zero-order valence-electron chi connectivity index (χ0n) is 12.6. The summed E-state index contributed by atoms with van der Waals surface area (Å²) >= 11 is 2.35. The largest absolute Gasteiger partial charge is 0.313 e. The van der Waals surface area contributed by atoms with Gasteiger partial charge in [-0.15, -0.1) is 0 Å². The van der Waals surface area contributed by atoms with Gasteiger partial charge in [0.15, 0.2) is 0 Å². The second kappa shape index (κ2) is 6.72. The van der Waals surface area contributed by atoms with Crippen LogP contribution in [0.2, 0.25) is 0 Å². The molecular weight excluding hydrogens is 357 g/mol. The molecule has 0 amide bonds. The van der Waals surface area contributed by atoms with Crippen molar-refractivity contribution >= 4 is 22.6 Å². The molecule has 0 saturated carbocycles. The van der Waals surface area contributed by atoms with Crippen LogP contribution in [0.1, 0.15) is 33.9 Å². The van der Waals surface area contributed by atoms with Crippen LogP contribution < -0.4 is 5.32 Å². The highest BCUT2D eigenvalue weighted by Crippen LogP contribution is 2.26. The summed E-state index contributed by atoms with van der Waals surface area (Å²) in [6.07, 6.45) is 1.03. The fourth-order valence-electron chi connectivity index (χ4n) is 2.95. The number of hydrogen-bond donors (Lipinski definition) is 1. The lowest BCUT2D eigenvalue weighted by molar-refractivity contribution is 0.585. The Hall–Kier alpha value is -0.870. The van der Waals surface area contributed by atoms with Crippen molar-refractivity contribution in [1.29, 1.82) is 0 Å². The van der Waals surface area contributed by atoms with Gasteiger partial charge in [-0.2, -0.15) is 0 Å². The van der Waals surface area contributed by atoms with E-state index >= 15 is 0 Å². The molecule has 0 bridgehead atoms. The van der Waals surface area contributed by atoms with Crippen molar-refractivity contribution in [1.82, 2.24) is 5.32 Å². The molecule has 0 fully saturated rings. The minimum absolute atomic E-state index is 0.371. The minimum atomic E-state index is 0.371. The molecule has 106 valence electrons. The molecule has 0 aliphatic rings. The van der Waals surface area contributed by atoms with Crippen molar-refractivity contribution in [3.05, 3.63) is 67.8 Å². The normalized spacial score (nSPS) is 12.4. The molecule has 0 radical (unpaired) electrons. The Balaban J connectivity index is 2.31. The van der Waals surface area contributed by atoms with E-state index in [1.165, 1.54) is 31.4 Å². The van der Waals surface area contributed by atoms with E-state index in [-0.39, 0.29) is 0 Å². The summed E-state index contributed by atoms with van der Waals surface area (Å²) in [7, 11) is 2.05. The average Bonchev–Trinajstić information content (AvgIpc) is 2.38. The number of benzene rings is 2. The smallest absolute Gasteiger partial charge is 0.0363 e. The summed E-state index contributed by atoms with van der Waals surface area (Å²) in [5.74, 6) is 0. The first-order valence-electron chi connectivity index (χ1n) is 7.00. The highest BCUT2D eigenvalue weighted by Gasteiger charge is 2.15. The van der Waals surface area contributed by atoms with E-state index in [4.69, 9.17) is 0 Å². The summed E-state index contributed by atoms with van der Waals surface area (Å²) in [5.41, 5.74) is 6.92. The SMILES string of the molecule is CNC(Cc1ccc(I)cc1)c1c(C)cc(C)cc1C. The van der Waals surface area contributed by atoms with Crippen LogP contribution >= 0.6 is 22.6 Å². The quantitative estimate of drug-likeness (QED) is 0.758. The number of halogens is 1. The van der Waals surface area contributed by atoms with Gasteiger partial charge in [0.05, 0.1) is 0 Å². The zero-order valence-corrected chi connectivity index (χ0v) is 14.8. The molecule has 0 spiro atoms. The minimum Gasteiger partial charge on any atom is -0.313 e. The molecule has 0 saturated heterocycles. The lowest BCUT2D eigenvalue weighted by Gasteiger charge is -2.22. The molecule has 2 aromatic rings. The Morgan fingerprint density at radius 1 is 1.00 bits per heavy atom. The van der Waals surface area contributed by atoms with Crippen molar-refractivity contribution < 1.29 is 0 Å². The van der Waals surface area contributed by atoms with Crippen LogP contribution in [0, 0.1) is 24.3 Å². The van der Waals surface area contributed by atoms with E-state index in [0.717, 1.165) is 6.42 Å². The summed E-state index contributed by atoms with van der Waals surface area (Å²) in [4.78, 5) is 0. The molecule has 0 aliphatic carbocycles. The summed E-state index contributed by atoms with van der Waals surface area (Å²) in [6, 6.07) is 13.7. The Morgan fingerprint density at radius 2 is 1.55 bits per heavy atom. The summed E-state index contributed by atoms with van der Waals surface area (Å²) in [6.45, 7) is 6.60. The van der Waals surface area contributed by atoms with Gasteiger partial charge in [0, 0.05) is 9.61 Å². The molecule has 1 nitrogen and oxygen atoms in total. The molecule has 1 unspecified atom stereocenters. The van der Waals surface area contributed by atoms with Gasteiger partial charge < -0.3 is 5.32 Å². The van der Waals surface area contributed by atoms with Crippen LogP contribution in [0.15, 0.2) is 36.4 Å². The van der Waals surface area contributed by atoms with Crippen LogP contribution in [0.25, 0.3) is 0 Å². The second-order valence-corrected chi connectivity index (χ2v) is 6.73. The first kappa shape index (κ1) is 15.5. The van der Waals surface area contributed by atoms with Gasteiger partial charge in [0.2, 0.25) is 0 Å². The predicted octanol–water partition coefficient (Wildman–Crippen LogP) is 4.72. The Labute approximate surface area is 135 Å². The summed E-state index contributed by atoms with van der Waals surface area (Å²) < 4.78 is 1.29. The lowest BCUT2D eigenvalue weighted by atomic mass is 9.90. The van der Waals surface area contributed by atoms with Gasteiger partial charge in [-0.25, -0.2) is 0 Å². The van der Waals surface area contributed by atoms with Crippen molar-refractivity contribution in [2.75, 3.05) is 7.05 Å². The van der Waals surface area contributed by atoms with Gasteiger partial charge in [-0.3, -0.25) is 0 Å². The molecule has 0 heterocycles. The molecule has 0 aliphatic heterocycles. The van der Waals surface area contributed by atoms with Crippen LogP contribution in [0.5, 0.6) is 0 Å². The van der Waals surface area contributed by atoms with Crippen molar-refractivity contribution in [2.45, 2.75) is 33.2 Å². The monoisotopic (exact) mass is 379 g/mol. The Kier molecular flexibility index (Phi) is 5.22. The number of likely N-dealkylation sites (N-methyl/N-ethyl adjacent to an activating group) is 1. The van der Waals surface area contributed by atoms with Gasteiger partial charge in [0.1, 0.15) is 0 Å². The number of rotatable bonds is 4. The molecule has 0 aromatic heterocycles. The maximum Gasteiger partial charge on any atom is 0.0363 e. The van der Waals surface area contributed by atoms with E-state index in [1.807, 2.05) is 0 Å². The highest BCUT2D eigenvalue weighted by atomic mass is 127. The number of nitrogens with one attached hydrogen (secondary N) is 1. The van der Waals surface area contributed by atoms with E-state index in [0.29, 0.717) is 6.04 Å². The van der Waals surface area contributed by atoms with E-state index in [2.05, 4.69) is 92.1 Å². The topological polar surface area (TPSA) is 12.0 Å². The van der Waals surface area contributed by atoms with Crippen molar-refractivity contribution in [2.24, 2.45) is 0 Å². The lowest BCUT2D eigenvalue weighted by Crippen LogP contribution is -2.21.